The van der Waals surface area contributed by atoms with Crippen LogP contribution in [-0.2, 0) is 16.0 Å². The molecule has 1 heterocycles. The first-order valence-electron chi connectivity index (χ1n) is 9.78. The van der Waals surface area contributed by atoms with Gasteiger partial charge in [0.15, 0.2) is 17.5 Å². The molecular formula is C20H34IN3O4. The second kappa shape index (κ2) is 14.7. The summed E-state index contributed by atoms with van der Waals surface area (Å²) < 4.78 is 22.0. The standard InChI is InChI=1S/C20H33N3O4.HI/c1-4-21-20(22-10-6-11-27-17-9-12-25-15-17)23-14-16-7-8-18(24-3)19(13-16)26-5-2;/h7-8,13,17H,4-6,9-12,14-15H2,1-3H3,(H2,21,22,23);1H. The lowest BCUT2D eigenvalue weighted by Gasteiger charge is -2.13. The third kappa shape index (κ3) is 8.83. The van der Waals surface area contributed by atoms with Crippen molar-refractivity contribution in [2.75, 3.05) is 46.6 Å². The number of nitrogens with zero attached hydrogens (tertiary/aromatic N) is 1. The lowest BCUT2D eigenvalue weighted by Crippen LogP contribution is -2.38. The number of nitrogens with one attached hydrogen (secondary N) is 2. The molecular weight excluding hydrogens is 473 g/mol. The molecule has 1 aromatic rings. The maximum atomic E-state index is 5.78. The van der Waals surface area contributed by atoms with E-state index in [9.17, 15) is 0 Å². The van der Waals surface area contributed by atoms with E-state index in [0.29, 0.717) is 13.2 Å². The van der Waals surface area contributed by atoms with Crippen molar-refractivity contribution in [3.63, 3.8) is 0 Å². The van der Waals surface area contributed by atoms with Crippen molar-refractivity contribution in [3.8, 4) is 11.5 Å². The first-order valence-corrected chi connectivity index (χ1v) is 9.78. The molecule has 0 aromatic heterocycles. The minimum atomic E-state index is 0. The molecule has 1 fully saturated rings. The Kier molecular flexibility index (Phi) is 13.0. The number of rotatable bonds is 11. The van der Waals surface area contributed by atoms with Gasteiger partial charge in [0, 0.05) is 26.3 Å². The lowest BCUT2D eigenvalue weighted by atomic mass is 10.2. The molecule has 1 aliphatic rings. The molecule has 0 bridgehead atoms. The normalized spacial score (nSPS) is 16.4. The molecule has 160 valence electrons. The zero-order valence-corrected chi connectivity index (χ0v) is 19.5. The monoisotopic (exact) mass is 507 g/mol. The third-order valence-electron chi connectivity index (χ3n) is 4.15. The van der Waals surface area contributed by atoms with E-state index in [1.807, 2.05) is 25.1 Å². The Balaban J connectivity index is 0.00000392. The smallest absolute Gasteiger partial charge is 0.191 e. The number of guanidine groups is 1. The fourth-order valence-electron chi connectivity index (χ4n) is 2.77. The Bertz CT molecular complexity index is 581. The Labute approximate surface area is 185 Å². The maximum Gasteiger partial charge on any atom is 0.191 e. The molecule has 1 aromatic carbocycles. The summed E-state index contributed by atoms with van der Waals surface area (Å²) in [7, 11) is 1.65. The molecule has 0 amide bonds. The number of aliphatic imine (C=N–C) groups is 1. The molecule has 2 N–H and O–H groups in total. The zero-order chi connectivity index (χ0) is 19.3. The molecule has 0 aliphatic carbocycles. The quantitative estimate of drug-likeness (QED) is 0.208. The van der Waals surface area contributed by atoms with E-state index in [2.05, 4.69) is 22.5 Å². The summed E-state index contributed by atoms with van der Waals surface area (Å²) in [5, 5.41) is 6.62. The summed E-state index contributed by atoms with van der Waals surface area (Å²) in [6, 6.07) is 5.90. The third-order valence-corrected chi connectivity index (χ3v) is 4.15. The average Bonchev–Trinajstić information content (AvgIpc) is 3.19. The number of hydrogen-bond acceptors (Lipinski definition) is 5. The van der Waals surface area contributed by atoms with Gasteiger partial charge in [0.1, 0.15) is 0 Å². The molecule has 7 nitrogen and oxygen atoms in total. The summed E-state index contributed by atoms with van der Waals surface area (Å²) in [6.07, 6.45) is 2.20. The first-order chi connectivity index (χ1) is 13.3. The van der Waals surface area contributed by atoms with Crippen molar-refractivity contribution in [2.24, 2.45) is 4.99 Å². The Morgan fingerprint density at radius 1 is 1.25 bits per heavy atom. The lowest BCUT2D eigenvalue weighted by molar-refractivity contribution is 0.0420. The minimum Gasteiger partial charge on any atom is -0.493 e. The van der Waals surface area contributed by atoms with E-state index in [-0.39, 0.29) is 30.1 Å². The van der Waals surface area contributed by atoms with Crippen LogP contribution >= 0.6 is 24.0 Å². The molecule has 0 radical (unpaired) electrons. The van der Waals surface area contributed by atoms with Gasteiger partial charge in [-0.1, -0.05) is 6.07 Å². The van der Waals surface area contributed by atoms with Crippen LogP contribution in [0.4, 0.5) is 0 Å². The zero-order valence-electron chi connectivity index (χ0n) is 17.2. The second-order valence-corrected chi connectivity index (χ2v) is 6.25. The molecule has 0 saturated carbocycles. The van der Waals surface area contributed by atoms with Crippen molar-refractivity contribution in [3.05, 3.63) is 23.8 Å². The predicted molar refractivity (Wildman–Crippen MR) is 122 cm³/mol. The number of benzene rings is 1. The van der Waals surface area contributed by atoms with Gasteiger partial charge in [0.05, 0.1) is 33.0 Å². The van der Waals surface area contributed by atoms with Gasteiger partial charge in [0.2, 0.25) is 0 Å². The van der Waals surface area contributed by atoms with Gasteiger partial charge >= 0.3 is 0 Å². The SMILES string of the molecule is CCNC(=NCc1ccc(OC)c(OCC)c1)NCCCOC1CCOC1.I. The van der Waals surface area contributed by atoms with Crippen LogP contribution in [0.5, 0.6) is 11.5 Å². The largest absolute Gasteiger partial charge is 0.493 e. The van der Waals surface area contributed by atoms with Crippen LogP contribution in [0.25, 0.3) is 0 Å². The van der Waals surface area contributed by atoms with Crippen molar-refractivity contribution in [2.45, 2.75) is 39.3 Å². The van der Waals surface area contributed by atoms with Gasteiger partial charge in [-0.2, -0.15) is 0 Å². The fourth-order valence-corrected chi connectivity index (χ4v) is 2.77. The van der Waals surface area contributed by atoms with Gasteiger partial charge in [0.25, 0.3) is 0 Å². The topological polar surface area (TPSA) is 73.3 Å². The highest BCUT2D eigenvalue weighted by Gasteiger charge is 2.15. The van der Waals surface area contributed by atoms with Gasteiger partial charge in [-0.25, -0.2) is 4.99 Å². The maximum absolute atomic E-state index is 5.78. The molecule has 1 atom stereocenters. The van der Waals surface area contributed by atoms with Crippen LogP contribution < -0.4 is 20.1 Å². The summed E-state index contributed by atoms with van der Waals surface area (Å²) in [5.74, 6) is 2.29. The van der Waals surface area contributed by atoms with Crippen LogP contribution in [0.3, 0.4) is 0 Å². The Morgan fingerprint density at radius 3 is 2.79 bits per heavy atom. The second-order valence-electron chi connectivity index (χ2n) is 6.25. The van der Waals surface area contributed by atoms with Crippen LogP contribution in [0, 0.1) is 0 Å². The van der Waals surface area contributed by atoms with Crippen molar-refractivity contribution in [1.29, 1.82) is 0 Å². The predicted octanol–water partition coefficient (Wildman–Crippen LogP) is 2.96. The van der Waals surface area contributed by atoms with E-state index >= 15 is 0 Å². The fraction of sp³-hybridized carbons (Fsp3) is 0.650. The highest BCUT2D eigenvalue weighted by Crippen LogP contribution is 2.28. The van der Waals surface area contributed by atoms with Crippen molar-refractivity contribution in [1.82, 2.24) is 10.6 Å². The van der Waals surface area contributed by atoms with Gasteiger partial charge in [-0.3, -0.25) is 0 Å². The summed E-state index contributed by atoms with van der Waals surface area (Å²) in [6.45, 7) is 9.08. The molecule has 28 heavy (non-hydrogen) atoms. The highest BCUT2D eigenvalue weighted by atomic mass is 127. The van der Waals surface area contributed by atoms with Crippen LogP contribution in [-0.4, -0.2) is 58.7 Å². The Hall–Kier alpha value is -1.26. The van der Waals surface area contributed by atoms with Gasteiger partial charge in [-0.05, 0) is 44.4 Å². The Morgan fingerprint density at radius 2 is 2.11 bits per heavy atom. The average molecular weight is 507 g/mol. The number of methoxy groups -OCH3 is 1. The van der Waals surface area contributed by atoms with E-state index in [1.54, 1.807) is 7.11 Å². The molecule has 2 rings (SSSR count). The van der Waals surface area contributed by atoms with Crippen molar-refractivity contribution >= 4 is 29.9 Å². The number of halogens is 1. The van der Waals surface area contributed by atoms with Crippen LogP contribution in [0.1, 0.15) is 32.3 Å². The molecule has 1 aliphatic heterocycles. The van der Waals surface area contributed by atoms with E-state index in [0.717, 1.165) is 68.8 Å². The van der Waals surface area contributed by atoms with Gasteiger partial charge in [-0.15, -0.1) is 24.0 Å². The van der Waals surface area contributed by atoms with E-state index in [4.69, 9.17) is 18.9 Å². The summed E-state index contributed by atoms with van der Waals surface area (Å²) in [4.78, 5) is 4.65. The molecule has 1 unspecified atom stereocenters. The molecule has 0 spiro atoms. The minimum absolute atomic E-state index is 0. The first kappa shape index (κ1) is 24.8. The molecule has 1 saturated heterocycles. The number of hydrogen-bond donors (Lipinski definition) is 2. The van der Waals surface area contributed by atoms with Crippen LogP contribution in [0.15, 0.2) is 23.2 Å². The van der Waals surface area contributed by atoms with Crippen molar-refractivity contribution < 1.29 is 18.9 Å². The van der Waals surface area contributed by atoms with Gasteiger partial charge < -0.3 is 29.6 Å². The molecule has 8 heteroatoms. The highest BCUT2D eigenvalue weighted by molar-refractivity contribution is 14.0. The summed E-state index contributed by atoms with van der Waals surface area (Å²) >= 11 is 0. The van der Waals surface area contributed by atoms with E-state index in [1.165, 1.54) is 0 Å². The summed E-state index contributed by atoms with van der Waals surface area (Å²) in [5.41, 5.74) is 1.07. The number of ether oxygens (including phenoxy) is 4. The van der Waals surface area contributed by atoms with E-state index < -0.39 is 0 Å². The van der Waals surface area contributed by atoms with Crippen LogP contribution in [0.2, 0.25) is 0 Å².